The van der Waals surface area contributed by atoms with Crippen molar-refractivity contribution in [3.8, 4) is 0 Å². The molecule has 0 atom stereocenters. The molecule has 0 spiro atoms. The second kappa shape index (κ2) is 6.35. The van der Waals surface area contributed by atoms with Crippen LogP contribution in [0.1, 0.15) is 37.2 Å². The summed E-state index contributed by atoms with van der Waals surface area (Å²) in [5.41, 5.74) is 6.24. The van der Waals surface area contributed by atoms with Crippen molar-refractivity contribution in [1.82, 2.24) is 10.3 Å². The largest absolute Gasteiger partial charge is 0.350 e. The molecule has 0 aliphatic heterocycles. The summed E-state index contributed by atoms with van der Waals surface area (Å²) in [6.07, 6.45) is 3.54. The van der Waals surface area contributed by atoms with E-state index in [1.165, 1.54) is 0 Å². The van der Waals surface area contributed by atoms with Crippen molar-refractivity contribution in [3.63, 3.8) is 0 Å². The summed E-state index contributed by atoms with van der Waals surface area (Å²) in [5, 5.41) is 2.91. The lowest BCUT2D eigenvalue weighted by Crippen LogP contribution is -2.42. The van der Waals surface area contributed by atoms with Crippen LogP contribution < -0.4 is 11.1 Å². The molecular formula is C13H21N3O. The van der Waals surface area contributed by atoms with Gasteiger partial charge in [-0.05, 0) is 36.9 Å². The van der Waals surface area contributed by atoms with Gasteiger partial charge in [0.15, 0.2) is 0 Å². The summed E-state index contributed by atoms with van der Waals surface area (Å²) in [7, 11) is 0. The average Bonchev–Trinajstić information content (AvgIpc) is 2.41. The molecule has 1 amide bonds. The van der Waals surface area contributed by atoms with Crippen LogP contribution >= 0.6 is 0 Å². The Kier molecular flexibility index (Phi) is 5.10. The van der Waals surface area contributed by atoms with E-state index in [0.29, 0.717) is 18.8 Å². The van der Waals surface area contributed by atoms with Gasteiger partial charge in [0.05, 0.1) is 0 Å². The van der Waals surface area contributed by atoms with Crippen LogP contribution in [0, 0.1) is 5.41 Å². The second-order valence-corrected chi connectivity index (χ2v) is 4.31. The first-order chi connectivity index (χ1) is 8.17. The van der Waals surface area contributed by atoms with E-state index in [1.54, 1.807) is 24.4 Å². The summed E-state index contributed by atoms with van der Waals surface area (Å²) in [6.45, 7) is 5.39. The SMILES string of the molecule is CCC(CC)(CN)CNC(=O)c1ccccn1. The van der Waals surface area contributed by atoms with Gasteiger partial charge in [0, 0.05) is 12.7 Å². The number of rotatable bonds is 6. The molecule has 1 rings (SSSR count). The van der Waals surface area contributed by atoms with E-state index in [2.05, 4.69) is 24.1 Å². The van der Waals surface area contributed by atoms with Crippen LogP contribution in [-0.4, -0.2) is 24.0 Å². The van der Waals surface area contributed by atoms with Gasteiger partial charge in [-0.1, -0.05) is 19.9 Å². The Hall–Kier alpha value is -1.42. The van der Waals surface area contributed by atoms with Gasteiger partial charge in [0.1, 0.15) is 5.69 Å². The first kappa shape index (κ1) is 13.6. The van der Waals surface area contributed by atoms with Gasteiger partial charge in [-0.15, -0.1) is 0 Å². The Morgan fingerprint density at radius 1 is 1.41 bits per heavy atom. The fourth-order valence-corrected chi connectivity index (χ4v) is 1.72. The molecule has 0 fully saturated rings. The van der Waals surface area contributed by atoms with Crippen molar-refractivity contribution in [2.24, 2.45) is 11.1 Å². The zero-order valence-electron chi connectivity index (χ0n) is 10.6. The van der Waals surface area contributed by atoms with Crippen molar-refractivity contribution in [3.05, 3.63) is 30.1 Å². The van der Waals surface area contributed by atoms with Crippen LogP contribution in [0.5, 0.6) is 0 Å². The summed E-state index contributed by atoms with van der Waals surface area (Å²) in [4.78, 5) is 15.8. The molecule has 17 heavy (non-hydrogen) atoms. The number of hydrogen-bond donors (Lipinski definition) is 2. The predicted molar refractivity (Wildman–Crippen MR) is 68.6 cm³/mol. The van der Waals surface area contributed by atoms with Crippen molar-refractivity contribution < 1.29 is 4.79 Å². The molecule has 4 nitrogen and oxygen atoms in total. The van der Waals surface area contributed by atoms with E-state index in [4.69, 9.17) is 5.73 Å². The Labute approximate surface area is 103 Å². The Balaban J connectivity index is 2.59. The smallest absolute Gasteiger partial charge is 0.269 e. The summed E-state index contributed by atoms with van der Waals surface area (Å²) >= 11 is 0. The maximum atomic E-state index is 11.8. The Morgan fingerprint density at radius 2 is 2.12 bits per heavy atom. The van der Waals surface area contributed by atoms with Gasteiger partial charge in [-0.25, -0.2) is 0 Å². The molecule has 0 radical (unpaired) electrons. The third kappa shape index (κ3) is 3.53. The molecule has 3 N–H and O–H groups in total. The third-order valence-corrected chi connectivity index (χ3v) is 3.45. The number of hydrogen-bond acceptors (Lipinski definition) is 3. The lowest BCUT2D eigenvalue weighted by atomic mass is 9.82. The molecule has 0 bridgehead atoms. The highest BCUT2D eigenvalue weighted by Gasteiger charge is 2.25. The Morgan fingerprint density at radius 3 is 2.59 bits per heavy atom. The first-order valence-corrected chi connectivity index (χ1v) is 6.06. The predicted octanol–water partition coefficient (Wildman–Crippen LogP) is 1.58. The molecule has 0 saturated carbocycles. The quantitative estimate of drug-likeness (QED) is 0.786. The molecule has 4 heteroatoms. The fourth-order valence-electron chi connectivity index (χ4n) is 1.72. The molecule has 1 aromatic rings. The van der Waals surface area contributed by atoms with E-state index < -0.39 is 0 Å². The summed E-state index contributed by atoms with van der Waals surface area (Å²) in [6, 6.07) is 5.30. The van der Waals surface area contributed by atoms with Crippen LogP contribution in [0.3, 0.4) is 0 Å². The van der Waals surface area contributed by atoms with E-state index in [0.717, 1.165) is 12.8 Å². The van der Waals surface area contributed by atoms with Gasteiger partial charge < -0.3 is 11.1 Å². The van der Waals surface area contributed by atoms with Crippen molar-refractivity contribution >= 4 is 5.91 Å². The van der Waals surface area contributed by atoms with E-state index in [9.17, 15) is 4.79 Å². The highest BCUT2D eigenvalue weighted by Crippen LogP contribution is 2.23. The lowest BCUT2D eigenvalue weighted by molar-refractivity contribution is 0.0923. The fraction of sp³-hybridized carbons (Fsp3) is 0.538. The standard InChI is InChI=1S/C13H21N3O/c1-3-13(4-2,9-14)10-16-12(17)11-7-5-6-8-15-11/h5-8H,3-4,9-10,14H2,1-2H3,(H,16,17). The van der Waals surface area contributed by atoms with Gasteiger partial charge >= 0.3 is 0 Å². The minimum absolute atomic E-state index is 0.00441. The minimum atomic E-state index is -0.134. The van der Waals surface area contributed by atoms with E-state index in [1.807, 2.05) is 0 Å². The lowest BCUT2D eigenvalue weighted by Gasteiger charge is -2.30. The van der Waals surface area contributed by atoms with Crippen LogP contribution in [0.15, 0.2) is 24.4 Å². The topological polar surface area (TPSA) is 68.0 Å². The number of pyridine rings is 1. The number of nitrogens with zero attached hydrogens (tertiary/aromatic N) is 1. The number of nitrogens with one attached hydrogen (secondary N) is 1. The molecule has 0 aliphatic rings. The van der Waals surface area contributed by atoms with Crippen molar-refractivity contribution in [2.45, 2.75) is 26.7 Å². The highest BCUT2D eigenvalue weighted by atomic mass is 16.1. The van der Waals surface area contributed by atoms with E-state index >= 15 is 0 Å². The average molecular weight is 235 g/mol. The van der Waals surface area contributed by atoms with Crippen LogP contribution in [0.4, 0.5) is 0 Å². The number of aromatic nitrogens is 1. The molecule has 1 aromatic heterocycles. The molecule has 0 unspecified atom stereocenters. The third-order valence-electron chi connectivity index (χ3n) is 3.45. The van der Waals surface area contributed by atoms with Gasteiger partial charge in [0.25, 0.3) is 5.91 Å². The maximum Gasteiger partial charge on any atom is 0.269 e. The number of carbonyl (C=O) groups is 1. The molecule has 94 valence electrons. The van der Waals surface area contributed by atoms with Crippen LogP contribution in [0.25, 0.3) is 0 Å². The van der Waals surface area contributed by atoms with Gasteiger partial charge in [-0.3, -0.25) is 9.78 Å². The summed E-state index contributed by atoms with van der Waals surface area (Å²) < 4.78 is 0. The molecule has 0 aliphatic carbocycles. The normalized spacial score (nSPS) is 11.2. The van der Waals surface area contributed by atoms with E-state index in [-0.39, 0.29) is 11.3 Å². The molecule has 0 aromatic carbocycles. The monoisotopic (exact) mass is 235 g/mol. The van der Waals surface area contributed by atoms with Crippen molar-refractivity contribution in [2.75, 3.05) is 13.1 Å². The molecule has 0 saturated heterocycles. The van der Waals surface area contributed by atoms with Crippen LogP contribution in [0.2, 0.25) is 0 Å². The summed E-state index contributed by atoms with van der Waals surface area (Å²) in [5.74, 6) is -0.134. The zero-order valence-corrected chi connectivity index (χ0v) is 10.6. The Bertz CT molecular complexity index is 339. The second-order valence-electron chi connectivity index (χ2n) is 4.31. The number of nitrogens with two attached hydrogens (primary N) is 1. The van der Waals surface area contributed by atoms with Crippen LogP contribution in [-0.2, 0) is 0 Å². The highest BCUT2D eigenvalue weighted by molar-refractivity contribution is 5.92. The minimum Gasteiger partial charge on any atom is -0.350 e. The number of amides is 1. The zero-order chi connectivity index (χ0) is 12.7. The molecule has 1 heterocycles. The van der Waals surface area contributed by atoms with Gasteiger partial charge in [0.2, 0.25) is 0 Å². The van der Waals surface area contributed by atoms with Gasteiger partial charge in [-0.2, -0.15) is 0 Å². The van der Waals surface area contributed by atoms with Crippen molar-refractivity contribution in [1.29, 1.82) is 0 Å². The first-order valence-electron chi connectivity index (χ1n) is 6.06. The number of carbonyl (C=O) groups excluding carboxylic acids is 1. The molecular weight excluding hydrogens is 214 g/mol. The maximum absolute atomic E-state index is 11.8.